The van der Waals surface area contributed by atoms with Gasteiger partial charge in [-0.1, -0.05) is 0 Å². The maximum absolute atomic E-state index is 10.8. The minimum absolute atomic E-state index is 0.0649. The summed E-state index contributed by atoms with van der Waals surface area (Å²) in [5.41, 5.74) is 0. The van der Waals surface area contributed by atoms with Crippen LogP contribution < -0.4 is 10.6 Å². The molecule has 1 heterocycles. The standard InChI is InChI=1S/C8H17BN2O3/c1-7(11-8(2)12)9-13-5-3-10-4-6-14-9/h7,10H,3-6H2,1-2H3,(H,11,12). The highest BCUT2D eigenvalue weighted by Crippen LogP contribution is 1.98. The van der Waals surface area contributed by atoms with E-state index in [0.29, 0.717) is 13.2 Å². The second kappa shape index (κ2) is 6.00. The predicted octanol–water partition coefficient (Wildman–Crippen LogP) is -0.825. The van der Waals surface area contributed by atoms with Crippen molar-refractivity contribution in [1.29, 1.82) is 0 Å². The van der Waals surface area contributed by atoms with Crippen molar-refractivity contribution < 1.29 is 14.1 Å². The zero-order chi connectivity index (χ0) is 10.4. The van der Waals surface area contributed by atoms with Crippen molar-refractivity contribution in [3.63, 3.8) is 0 Å². The Morgan fingerprint density at radius 3 is 2.50 bits per heavy atom. The number of amides is 1. The van der Waals surface area contributed by atoms with Gasteiger partial charge in [0.15, 0.2) is 0 Å². The second-order valence-electron chi connectivity index (χ2n) is 3.35. The fourth-order valence-electron chi connectivity index (χ4n) is 1.34. The summed E-state index contributed by atoms with van der Waals surface area (Å²) >= 11 is 0. The smallest absolute Gasteiger partial charge is 0.409 e. The molecule has 1 rings (SSSR count). The number of rotatable bonds is 2. The van der Waals surface area contributed by atoms with Crippen LogP contribution in [0.1, 0.15) is 13.8 Å². The van der Waals surface area contributed by atoms with Gasteiger partial charge in [0.1, 0.15) is 0 Å². The van der Waals surface area contributed by atoms with Crippen molar-refractivity contribution in [1.82, 2.24) is 10.6 Å². The van der Waals surface area contributed by atoms with Gasteiger partial charge in [-0.05, 0) is 6.92 Å². The fraction of sp³-hybridized carbons (Fsp3) is 0.875. The summed E-state index contributed by atoms with van der Waals surface area (Å²) in [6.45, 7) is 6.23. The van der Waals surface area contributed by atoms with E-state index >= 15 is 0 Å². The summed E-state index contributed by atoms with van der Waals surface area (Å²) in [4.78, 5) is 10.8. The van der Waals surface area contributed by atoms with Crippen molar-refractivity contribution in [2.75, 3.05) is 26.3 Å². The average molecular weight is 200 g/mol. The molecular formula is C8H17BN2O3. The first kappa shape index (κ1) is 11.5. The quantitative estimate of drug-likeness (QED) is 0.571. The third-order valence-electron chi connectivity index (χ3n) is 1.96. The van der Waals surface area contributed by atoms with E-state index < -0.39 is 0 Å². The fourth-order valence-corrected chi connectivity index (χ4v) is 1.34. The molecule has 1 fully saturated rings. The van der Waals surface area contributed by atoms with Gasteiger partial charge in [0.05, 0.1) is 5.94 Å². The van der Waals surface area contributed by atoms with Crippen LogP contribution in [-0.2, 0) is 14.1 Å². The minimum Gasteiger partial charge on any atom is -0.409 e. The van der Waals surface area contributed by atoms with E-state index in [0.717, 1.165) is 13.1 Å². The van der Waals surface area contributed by atoms with Crippen molar-refractivity contribution in [3.05, 3.63) is 0 Å². The maximum Gasteiger partial charge on any atom is 0.480 e. The number of carbonyl (C=O) groups is 1. The van der Waals surface area contributed by atoms with Gasteiger partial charge in [-0.2, -0.15) is 0 Å². The molecule has 6 heteroatoms. The van der Waals surface area contributed by atoms with Gasteiger partial charge in [-0.15, -0.1) is 0 Å². The lowest BCUT2D eigenvalue weighted by Crippen LogP contribution is -2.49. The Kier molecular flexibility index (Phi) is 4.93. The van der Waals surface area contributed by atoms with E-state index in [9.17, 15) is 4.79 Å². The Morgan fingerprint density at radius 1 is 1.43 bits per heavy atom. The molecule has 0 aliphatic carbocycles. The van der Waals surface area contributed by atoms with Gasteiger partial charge < -0.3 is 19.9 Å². The predicted molar refractivity (Wildman–Crippen MR) is 53.8 cm³/mol. The van der Waals surface area contributed by atoms with E-state index in [1.807, 2.05) is 6.92 Å². The molecule has 0 aromatic heterocycles. The summed E-state index contributed by atoms with van der Waals surface area (Å²) in [5, 5.41) is 5.90. The zero-order valence-electron chi connectivity index (χ0n) is 8.71. The molecule has 1 atom stereocenters. The highest BCUT2D eigenvalue weighted by Gasteiger charge is 2.27. The Balaban J connectivity index is 2.34. The summed E-state index contributed by atoms with van der Waals surface area (Å²) in [7, 11) is -0.332. The molecule has 1 saturated heterocycles. The molecule has 1 aliphatic heterocycles. The van der Waals surface area contributed by atoms with Crippen LogP contribution >= 0.6 is 0 Å². The minimum atomic E-state index is -0.332. The van der Waals surface area contributed by atoms with Gasteiger partial charge in [-0.25, -0.2) is 0 Å². The largest absolute Gasteiger partial charge is 0.480 e. The molecule has 0 spiro atoms. The van der Waals surface area contributed by atoms with Crippen LogP contribution in [0.3, 0.4) is 0 Å². The summed E-state index contributed by atoms with van der Waals surface area (Å²) in [5.74, 6) is -0.171. The number of hydrogen-bond acceptors (Lipinski definition) is 4. The van der Waals surface area contributed by atoms with Crippen LogP contribution in [0.4, 0.5) is 0 Å². The molecule has 1 unspecified atom stereocenters. The molecular weight excluding hydrogens is 183 g/mol. The van der Waals surface area contributed by atoms with E-state index in [4.69, 9.17) is 9.31 Å². The topological polar surface area (TPSA) is 59.6 Å². The molecule has 0 bridgehead atoms. The summed E-state index contributed by atoms with van der Waals surface area (Å²) in [6.07, 6.45) is 0. The van der Waals surface area contributed by atoms with Crippen LogP contribution in [0.25, 0.3) is 0 Å². The SMILES string of the molecule is CC(=O)NC(C)B1OCCNCCO1. The Morgan fingerprint density at radius 2 is 2.00 bits per heavy atom. The zero-order valence-corrected chi connectivity index (χ0v) is 8.71. The lowest BCUT2D eigenvalue weighted by Gasteiger charge is -2.23. The molecule has 1 aliphatic rings. The molecule has 0 radical (unpaired) electrons. The van der Waals surface area contributed by atoms with E-state index in [-0.39, 0.29) is 19.0 Å². The van der Waals surface area contributed by atoms with Crippen LogP contribution in [0, 0.1) is 0 Å². The van der Waals surface area contributed by atoms with Crippen LogP contribution in [0.15, 0.2) is 0 Å². The van der Waals surface area contributed by atoms with Crippen LogP contribution in [0.5, 0.6) is 0 Å². The van der Waals surface area contributed by atoms with Crippen molar-refractivity contribution in [2.24, 2.45) is 0 Å². The Labute approximate surface area is 84.7 Å². The van der Waals surface area contributed by atoms with E-state index in [1.165, 1.54) is 6.92 Å². The molecule has 2 N–H and O–H groups in total. The van der Waals surface area contributed by atoms with Crippen LogP contribution in [-0.4, -0.2) is 45.3 Å². The number of nitrogens with one attached hydrogen (secondary N) is 2. The Hall–Kier alpha value is -0.585. The Bertz CT molecular complexity index is 183. The summed E-state index contributed by atoms with van der Waals surface area (Å²) in [6, 6.07) is 0. The highest BCUT2D eigenvalue weighted by molar-refractivity contribution is 6.46. The first-order valence-electron chi connectivity index (χ1n) is 4.91. The first-order chi connectivity index (χ1) is 6.70. The molecule has 0 saturated carbocycles. The third-order valence-corrected chi connectivity index (χ3v) is 1.96. The average Bonchev–Trinajstić information content (AvgIpc) is 2.00. The van der Waals surface area contributed by atoms with Gasteiger partial charge in [0.2, 0.25) is 5.91 Å². The maximum atomic E-state index is 10.8. The summed E-state index contributed by atoms with van der Waals surface area (Å²) < 4.78 is 10.9. The molecule has 14 heavy (non-hydrogen) atoms. The van der Waals surface area contributed by atoms with E-state index in [1.54, 1.807) is 0 Å². The van der Waals surface area contributed by atoms with Gasteiger partial charge in [0.25, 0.3) is 0 Å². The lowest BCUT2D eigenvalue weighted by molar-refractivity contribution is -0.119. The molecule has 1 amide bonds. The van der Waals surface area contributed by atoms with Gasteiger partial charge in [0, 0.05) is 33.2 Å². The lowest BCUT2D eigenvalue weighted by atomic mass is 9.79. The van der Waals surface area contributed by atoms with Gasteiger partial charge in [-0.3, -0.25) is 4.79 Å². The first-order valence-corrected chi connectivity index (χ1v) is 4.91. The van der Waals surface area contributed by atoms with Crippen LogP contribution in [0.2, 0.25) is 0 Å². The monoisotopic (exact) mass is 200 g/mol. The normalized spacial score (nSPS) is 20.9. The van der Waals surface area contributed by atoms with Crippen molar-refractivity contribution >= 4 is 13.0 Å². The second-order valence-corrected chi connectivity index (χ2v) is 3.35. The molecule has 0 aromatic carbocycles. The highest BCUT2D eigenvalue weighted by atomic mass is 16.6. The third kappa shape index (κ3) is 4.08. The van der Waals surface area contributed by atoms with Crippen molar-refractivity contribution in [2.45, 2.75) is 19.8 Å². The molecule has 80 valence electrons. The molecule has 0 aromatic rings. The number of carbonyl (C=O) groups excluding carboxylic acids is 1. The van der Waals surface area contributed by atoms with Crippen molar-refractivity contribution in [3.8, 4) is 0 Å². The van der Waals surface area contributed by atoms with Gasteiger partial charge >= 0.3 is 7.12 Å². The molecule has 5 nitrogen and oxygen atoms in total. The number of hydrogen-bond donors (Lipinski definition) is 2. The van der Waals surface area contributed by atoms with E-state index in [2.05, 4.69) is 10.6 Å².